The van der Waals surface area contributed by atoms with Crippen molar-refractivity contribution in [2.75, 3.05) is 14.2 Å². The second-order valence-electron chi connectivity index (χ2n) is 4.73. The molecule has 0 aromatic heterocycles. The van der Waals surface area contributed by atoms with Crippen molar-refractivity contribution in [2.45, 2.75) is 20.8 Å². The molecule has 1 N–H and O–H groups in total. The lowest BCUT2D eigenvalue weighted by molar-refractivity contribution is -0.144. The van der Waals surface area contributed by atoms with Crippen LogP contribution >= 0.6 is 0 Å². The van der Waals surface area contributed by atoms with E-state index in [4.69, 9.17) is 14.6 Å². The lowest BCUT2D eigenvalue weighted by atomic mass is 9.83. The molecule has 0 bridgehead atoms. The summed E-state index contributed by atoms with van der Waals surface area (Å²) in [5.41, 5.74) is -0.598. The average Bonchev–Trinajstić information content (AvgIpc) is 2.37. The van der Waals surface area contributed by atoms with E-state index in [1.807, 2.05) is 0 Å². The number of carboxylic acid groups (broad SMARTS) is 1. The van der Waals surface area contributed by atoms with Crippen LogP contribution in [-0.4, -0.2) is 31.1 Å². The second-order valence-corrected chi connectivity index (χ2v) is 4.73. The van der Waals surface area contributed by atoms with Gasteiger partial charge in [-0.05, 0) is 32.9 Å². The van der Waals surface area contributed by atoms with Gasteiger partial charge in [-0.25, -0.2) is 0 Å². The number of Topliss-reactive ketones (excluding diaryl/α,β-unsaturated/α-hetero) is 1. The highest BCUT2D eigenvalue weighted by Gasteiger charge is 2.38. The minimum atomic E-state index is -1.51. The summed E-state index contributed by atoms with van der Waals surface area (Å²) in [6, 6.07) is 3.15. The Kier molecular flexibility index (Phi) is 4.19. The maximum Gasteiger partial charge on any atom is 0.317 e. The standard InChI is InChI=1S/C14H18O5/c1-8-10(18-4)7-6-9(11(8)19-5)12(15)14(2,3)13(16)17/h6-7H,1-5H3,(H,16,17). The van der Waals surface area contributed by atoms with E-state index >= 15 is 0 Å². The average molecular weight is 266 g/mol. The van der Waals surface area contributed by atoms with Crippen LogP contribution in [0.4, 0.5) is 0 Å². The topological polar surface area (TPSA) is 72.8 Å². The molecule has 0 saturated carbocycles. The summed E-state index contributed by atoms with van der Waals surface area (Å²) in [5, 5.41) is 9.12. The van der Waals surface area contributed by atoms with Crippen molar-refractivity contribution in [1.82, 2.24) is 0 Å². The van der Waals surface area contributed by atoms with Crippen LogP contribution in [0.2, 0.25) is 0 Å². The van der Waals surface area contributed by atoms with Gasteiger partial charge in [0.1, 0.15) is 16.9 Å². The number of aliphatic carboxylic acids is 1. The monoisotopic (exact) mass is 266 g/mol. The molecule has 0 aliphatic carbocycles. The summed E-state index contributed by atoms with van der Waals surface area (Å²) in [7, 11) is 2.96. The molecule has 0 spiro atoms. The lowest BCUT2D eigenvalue weighted by Gasteiger charge is -2.20. The van der Waals surface area contributed by atoms with Crippen molar-refractivity contribution < 1.29 is 24.2 Å². The summed E-state index contributed by atoms with van der Waals surface area (Å²) in [6.07, 6.45) is 0. The van der Waals surface area contributed by atoms with Gasteiger partial charge in [-0.2, -0.15) is 0 Å². The van der Waals surface area contributed by atoms with Crippen molar-refractivity contribution in [3.63, 3.8) is 0 Å². The minimum absolute atomic E-state index is 0.244. The van der Waals surface area contributed by atoms with Gasteiger partial charge in [-0.15, -0.1) is 0 Å². The number of methoxy groups -OCH3 is 2. The fourth-order valence-corrected chi connectivity index (χ4v) is 1.77. The van der Waals surface area contributed by atoms with Crippen LogP contribution in [0.3, 0.4) is 0 Å². The van der Waals surface area contributed by atoms with Crippen LogP contribution in [0.1, 0.15) is 29.8 Å². The normalized spacial score (nSPS) is 11.0. The van der Waals surface area contributed by atoms with Crippen LogP contribution in [0, 0.1) is 12.3 Å². The number of benzene rings is 1. The molecular weight excluding hydrogens is 248 g/mol. The van der Waals surface area contributed by atoms with Crippen molar-refractivity contribution >= 4 is 11.8 Å². The summed E-state index contributed by atoms with van der Waals surface area (Å²) >= 11 is 0. The molecule has 5 nitrogen and oxygen atoms in total. The van der Waals surface area contributed by atoms with Gasteiger partial charge in [0.15, 0.2) is 5.78 Å². The van der Waals surface area contributed by atoms with Gasteiger partial charge in [-0.1, -0.05) is 0 Å². The quantitative estimate of drug-likeness (QED) is 0.654. The third kappa shape index (κ3) is 2.54. The second kappa shape index (κ2) is 5.30. The molecule has 1 rings (SSSR count). The zero-order valence-corrected chi connectivity index (χ0v) is 11.7. The van der Waals surface area contributed by atoms with Crippen molar-refractivity contribution in [3.05, 3.63) is 23.3 Å². The first-order valence-corrected chi connectivity index (χ1v) is 5.77. The predicted octanol–water partition coefficient (Wildman–Crippen LogP) is 2.31. The van der Waals surface area contributed by atoms with E-state index in [9.17, 15) is 9.59 Å². The molecule has 0 radical (unpaired) electrons. The molecule has 19 heavy (non-hydrogen) atoms. The predicted molar refractivity (Wildman–Crippen MR) is 70.0 cm³/mol. The first-order valence-electron chi connectivity index (χ1n) is 5.77. The minimum Gasteiger partial charge on any atom is -0.496 e. The number of ether oxygens (including phenoxy) is 2. The number of carbonyl (C=O) groups is 2. The van der Waals surface area contributed by atoms with E-state index in [0.29, 0.717) is 17.1 Å². The van der Waals surface area contributed by atoms with Gasteiger partial charge in [0.2, 0.25) is 0 Å². The van der Waals surface area contributed by atoms with Gasteiger partial charge in [-0.3, -0.25) is 9.59 Å². The number of hydrogen-bond donors (Lipinski definition) is 1. The Bertz CT molecular complexity index is 517. The van der Waals surface area contributed by atoms with Crippen LogP contribution in [-0.2, 0) is 4.79 Å². The number of ketones is 1. The Morgan fingerprint density at radius 1 is 1.16 bits per heavy atom. The third-order valence-corrected chi connectivity index (χ3v) is 3.13. The summed E-state index contributed by atoms with van der Waals surface area (Å²) in [5.74, 6) is -0.740. The van der Waals surface area contributed by atoms with Crippen LogP contribution in [0.15, 0.2) is 12.1 Å². The largest absolute Gasteiger partial charge is 0.496 e. The van der Waals surface area contributed by atoms with E-state index in [0.717, 1.165) is 0 Å². The Balaban J connectivity index is 3.40. The van der Waals surface area contributed by atoms with Crippen LogP contribution < -0.4 is 9.47 Å². The Morgan fingerprint density at radius 2 is 1.74 bits per heavy atom. The lowest BCUT2D eigenvalue weighted by Crippen LogP contribution is -2.33. The molecule has 0 heterocycles. The van der Waals surface area contributed by atoms with E-state index in [-0.39, 0.29) is 5.56 Å². The highest BCUT2D eigenvalue weighted by molar-refractivity contribution is 6.13. The first-order chi connectivity index (χ1) is 8.77. The molecule has 0 unspecified atom stereocenters. The molecule has 5 heteroatoms. The molecule has 1 aromatic rings. The molecule has 0 aliphatic heterocycles. The van der Waals surface area contributed by atoms with Crippen LogP contribution in [0.25, 0.3) is 0 Å². The van der Waals surface area contributed by atoms with E-state index in [1.54, 1.807) is 13.0 Å². The third-order valence-electron chi connectivity index (χ3n) is 3.13. The highest BCUT2D eigenvalue weighted by Crippen LogP contribution is 2.35. The molecule has 0 saturated heterocycles. The van der Waals surface area contributed by atoms with Crippen molar-refractivity contribution in [3.8, 4) is 11.5 Å². The van der Waals surface area contributed by atoms with Crippen LogP contribution in [0.5, 0.6) is 11.5 Å². The zero-order chi connectivity index (χ0) is 14.8. The van der Waals surface area contributed by atoms with E-state index in [1.165, 1.54) is 34.1 Å². The number of hydrogen-bond acceptors (Lipinski definition) is 4. The maximum absolute atomic E-state index is 12.3. The van der Waals surface area contributed by atoms with Gasteiger partial charge in [0.25, 0.3) is 0 Å². The fraction of sp³-hybridized carbons (Fsp3) is 0.429. The summed E-state index contributed by atoms with van der Waals surface area (Å²) in [4.78, 5) is 23.5. The van der Waals surface area contributed by atoms with E-state index < -0.39 is 17.2 Å². The van der Waals surface area contributed by atoms with E-state index in [2.05, 4.69) is 0 Å². The fourth-order valence-electron chi connectivity index (χ4n) is 1.77. The van der Waals surface area contributed by atoms with Gasteiger partial charge < -0.3 is 14.6 Å². The van der Waals surface area contributed by atoms with Crippen molar-refractivity contribution in [2.24, 2.45) is 5.41 Å². The molecule has 104 valence electrons. The maximum atomic E-state index is 12.3. The Labute approximate surface area is 112 Å². The summed E-state index contributed by atoms with van der Waals surface area (Å²) < 4.78 is 10.4. The molecule has 0 amide bonds. The highest BCUT2D eigenvalue weighted by atomic mass is 16.5. The Hall–Kier alpha value is -2.04. The number of carboxylic acids is 1. The van der Waals surface area contributed by atoms with Gasteiger partial charge in [0, 0.05) is 5.56 Å². The molecule has 0 aliphatic rings. The number of carbonyl (C=O) groups excluding carboxylic acids is 1. The van der Waals surface area contributed by atoms with Crippen molar-refractivity contribution in [1.29, 1.82) is 0 Å². The van der Waals surface area contributed by atoms with Gasteiger partial charge >= 0.3 is 5.97 Å². The molecule has 1 aromatic carbocycles. The Morgan fingerprint density at radius 3 is 2.16 bits per heavy atom. The molecule has 0 fully saturated rings. The zero-order valence-electron chi connectivity index (χ0n) is 11.7. The molecule has 0 atom stereocenters. The molecular formula is C14H18O5. The summed E-state index contributed by atoms with van der Waals surface area (Å²) in [6.45, 7) is 4.50. The smallest absolute Gasteiger partial charge is 0.317 e. The van der Waals surface area contributed by atoms with Gasteiger partial charge in [0.05, 0.1) is 19.8 Å². The number of rotatable bonds is 5. The first kappa shape index (κ1) is 15.0. The SMILES string of the molecule is COc1ccc(C(=O)C(C)(C)C(=O)O)c(OC)c1C.